The minimum Gasteiger partial charge on any atom is -0.480 e. The smallest absolute Gasteiger partial charge is 0.326 e. The van der Waals surface area contributed by atoms with Crippen molar-refractivity contribution >= 4 is 81.8 Å². The number of carbonyl (C=O) groups excluding carboxylic acids is 9. The van der Waals surface area contributed by atoms with E-state index in [-0.39, 0.29) is 38.6 Å². The summed E-state index contributed by atoms with van der Waals surface area (Å²) in [6, 6.07) is -5.28. The lowest BCUT2D eigenvalue weighted by molar-refractivity contribution is -0.144. The van der Waals surface area contributed by atoms with Crippen LogP contribution < -0.4 is 65.5 Å². The Morgan fingerprint density at radius 3 is 1.58 bits per heavy atom. The second-order valence-electron chi connectivity index (χ2n) is 19.7. The van der Waals surface area contributed by atoms with Crippen molar-refractivity contribution < 1.29 is 63.3 Å². The number of aliphatic carboxylic acids is 1. The van der Waals surface area contributed by atoms with Gasteiger partial charge in [0, 0.05) is 29.9 Å². The van der Waals surface area contributed by atoms with Crippen molar-refractivity contribution in [2.75, 3.05) is 31.7 Å². The summed E-state index contributed by atoms with van der Waals surface area (Å²) in [5.74, 6) is -9.94. The molecule has 438 valence electrons. The molecule has 1 aromatic heterocycles. The number of nitrogens with one attached hydrogen (secondary N) is 9. The molecule has 11 atom stereocenters. The summed E-state index contributed by atoms with van der Waals surface area (Å²) < 4.78 is 0. The van der Waals surface area contributed by atoms with Gasteiger partial charge in [0.15, 0.2) is 0 Å². The maximum absolute atomic E-state index is 14.7. The zero-order valence-corrected chi connectivity index (χ0v) is 46.4. The third-order valence-electron chi connectivity index (χ3n) is 13.1. The molecule has 0 spiro atoms. The summed E-state index contributed by atoms with van der Waals surface area (Å²) in [5, 5.41) is 51.4. The number of aliphatic hydroxyl groups excluding tert-OH is 2. The van der Waals surface area contributed by atoms with Crippen LogP contribution in [-0.2, 0) is 54.4 Å². The van der Waals surface area contributed by atoms with Gasteiger partial charge in [-0.15, -0.1) is 0 Å². The van der Waals surface area contributed by atoms with E-state index in [1.165, 1.54) is 18.7 Å². The van der Waals surface area contributed by atoms with Gasteiger partial charge in [0.2, 0.25) is 53.2 Å². The molecule has 0 aliphatic heterocycles. The fraction of sp³-hybridized carbons (Fsp3) is 0.647. The summed E-state index contributed by atoms with van der Waals surface area (Å²) in [6.07, 6.45) is 3.34. The first-order chi connectivity index (χ1) is 36.9. The molecule has 0 aliphatic carbocycles. The molecule has 27 heteroatoms. The Morgan fingerprint density at radius 2 is 1.08 bits per heavy atom. The minimum absolute atomic E-state index is 0.0596. The summed E-state index contributed by atoms with van der Waals surface area (Å²) in [7, 11) is 0. The average Bonchev–Trinajstić information content (AvgIpc) is 3.81. The highest BCUT2D eigenvalue weighted by Crippen LogP contribution is 2.20. The molecule has 0 bridgehead atoms. The predicted octanol–water partition coefficient (Wildman–Crippen LogP) is -2.65. The molecule has 20 N–H and O–H groups in total. The summed E-state index contributed by atoms with van der Waals surface area (Å²) >= 11 is 1.38. The second kappa shape index (κ2) is 35.2. The molecular formula is C51H85N13O13S. The normalized spacial score (nSPS) is 15.6. The van der Waals surface area contributed by atoms with Crippen molar-refractivity contribution in [2.45, 2.75) is 166 Å². The monoisotopic (exact) mass is 1120 g/mol. The molecule has 2 rings (SSSR count). The standard InChI is InChI=1S/C51H85N13O13S/c1-7-28(4)41(49(74)64-42(29(5)66)50(75)60-36(18-19-39(55)67)47(72)62-40(27(2)3)51(76)77)63-48(73)38(24-30-25-56-33-15-9-8-14-31(30)33)61-46(71)37(20-23-78-6)59-45(70)35(17-11-13-22-53)58-44(69)34(16-10-12-21-52)57-43(68)32(54)26-65/h8-9,14-15,25,27-29,32,34-38,40-42,56,65-66H,7,10-13,16-24,26,52-54H2,1-6H3,(H2,55,67)(H,57,68)(H,58,69)(H,59,70)(H,60,75)(H,61,71)(H,62,72)(H,63,73)(H,64,74)(H,76,77)/t28-,29+,32-,34-,35-,36-,37-,38-,40-,41-,42-/m0/s1. The summed E-state index contributed by atoms with van der Waals surface area (Å²) in [4.78, 5) is 138. The van der Waals surface area contributed by atoms with Crippen LogP contribution in [0.4, 0.5) is 0 Å². The molecule has 1 aromatic carbocycles. The van der Waals surface area contributed by atoms with Crippen LogP contribution in [0.25, 0.3) is 10.9 Å². The molecule has 0 saturated heterocycles. The van der Waals surface area contributed by atoms with Crippen molar-refractivity contribution in [3.05, 3.63) is 36.0 Å². The van der Waals surface area contributed by atoms with Crippen LogP contribution in [0.5, 0.6) is 0 Å². The quantitative estimate of drug-likeness (QED) is 0.0306. The SMILES string of the molecule is CC[C@H](C)[C@H](NC(=O)[C@H](Cc1c[nH]c2ccccc12)NC(=O)[C@H](CCSC)NC(=O)[C@H](CCCCN)NC(=O)[C@H](CCCCN)NC(=O)[C@@H](N)CO)C(=O)N[C@H](C(=O)N[C@@H](CCC(N)=O)C(=O)N[C@H](C(=O)O)C(C)C)[C@@H](C)O. The van der Waals surface area contributed by atoms with Crippen LogP contribution in [-0.4, -0.2) is 172 Å². The Bertz CT molecular complexity index is 2300. The fourth-order valence-electron chi connectivity index (χ4n) is 8.12. The number of fused-ring (bicyclic) bond motifs is 1. The number of carboxylic acids is 1. The topological polar surface area (TPSA) is 447 Å². The van der Waals surface area contributed by atoms with E-state index in [4.69, 9.17) is 22.9 Å². The van der Waals surface area contributed by atoms with Crippen molar-refractivity contribution in [3.63, 3.8) is 0 Å². The number of hydrogen-bond donors (Lipinski definition) is 16. The van der Waals surface area contributed by atoms with E-state index in [2.05, 4.69) is 47.5 Å². The van der Waals surface area contributed by atoms with Gasteiger partial charge < -0.3 is 85.8 Å². The number of aromatic amines is 1. The largest absolute Gasteiger partial charge is 0.480 e. The number of carboxylic acid groups (broad SMARTS) is 1. The van der Waals surface area contributed by atoms with E-state index >= 15 is 0 Å². The molecule has 26 nitrogen and oxygen atoms in total. The van der Waals surface area contributed by atoms with Gasteiger partial charge in [0.1, 0.15) is 54.4 Å². The van der Waals surface area contributed by atoms with Crippen LogP contribution >= 0.6 is 11.8 Å². The van der Waals surface area contributed by atoms with Crippen molar-refractivity contribution in [3.8, 4) is 0 Å². The number of primary amides is 1. The zero-order valence-electron chi connectivity index (χ0n) is 45.6. The maximum atomic E-state index is 14.7. The first-order valence-electron chi connectivity index (χ1n) is 26.4. The van der Waals surface area contributed by atoms with Gasteiger partial charge in [0.25, 0.3) is 0 Å². The Balaban J connectivity index is 2.56. The number of rotatable bonds is 38. The lowest BCUT2D eigenvalue weighted by Gasteiger charge is -2.30. The molecule has 0 radical (unpaired) electrons. The predicted molar refractivity (Wildman–Crippen MR) is 293 cm³/mol. The van der Waals surface area contributed by atoms with Gasteiger partial charge in [0.05, 0.1) is 12.7 Å². The number of unbranched alkanes of at least 4 members (excludes halogenated alkanes) is 2. The number of amides is 9. The zero-order chi connectivity index (χ0) is 58.6. The number of thioether (sulfide) groups is 1. The Kier molecular flexibility index (Phi) is 30.5. The lowest BCUT2D eigenvalue weighted by atomic mass is 9.96. The van der Waals surface area contributed by atoms with E-state index in [0.717, 1.165) is 10.9 Å². The van der Waals surface area contributed by atoms with E-state index < -0.39 is 144 Å². The van der Waals surface area contributed by atoms with Crippen LogP contribution in [0.2, 0.25) is 0 Å². The Morgan fingerprint density at radius 1 is 0.615 bits per heavy atom. The molecule has 78 heavy (non-hydrogen) atoms. The van der Waals surface area contributed by atoms with Crippen molar-refractivity contribution in [2.24, 2.45) is 34.8 Å². The van der Waals surface area contributed by atoms with Crippen LogP contribution in [0.15, 0.2) is 30.5 Å². The highest BCUT2D eigenvalue weighted by Gasteiger charge is 2.38. The number of benzene rings is 1. The van der Waals surface area contributed by atoms with Gasteiger partial charge in [-0.2, -0.15) is 11.8 Å². The average molecular weight is 1120 g/mol. The molecule has 1 heterocycles. The van der Waals surface area contributed by atoms with Gasteiger partial charge in [-0.25, -0.2) is 4.79 Å². The van der Waals surface area contributed by atoms with E-state index in [1.54, 1.807) is 58.3 Å². The van der Waals surface area contributed by atoms with Crippen molar-refractivity contribution in [1.82, 2.24) is 47.5 Å². The third kappa shape index (κ3) is 22.5. The number of nitrogens with two attached hydrogens (primary N) is 4. The second-order valence-corrected chi connectivity index (χ2v) is 20.7. The number of aliphatic hydroxyl groups is 2. The molecule has 0 saturated carbocycles. The molecule has 0 aliphatic rings. The van der Waals surface area contributed by atoms with Crippen LogP contribution in [0.1, 0.15) is 104 Å². The first-order valence-corrected chi connectivity index (χ1v) is 27.8. The maximum Gasteiger partial charge on any atom is 0.326 e. The van der Waals surface area contributed by atoms with E-state index in [9.17, 15) is 63.3 Å². The number of H-pyrrole nitrogens is 1. The van der Waals surface area contributed by atoms with Crippen LogP contribution in [0, 0.1) is 11.8 Å². The third-order valence-corrected chi connectivity index (χ3v) is 13.7. The van der Waals surface area contributed by atoms with E-state index in [1.807, 2.05) is 6.07 Å². The highest BCUT2D eigenvalue weighted by molar-refractivity contribution is 7.98. The first kappa shape index (κ1) is 67.7. The fourth-order valence-corrected chi connectivity index (χ4v) is 8.60. The highest BCUT2D eigenvalue weighted by atomic mass is 32.2. The Labute approximate surface area is 459 Å². The van der Waals surface area contributed by atoms with Gasteiger partial charge >= 0.3 is 5.97 Å². The van der Waals surface area contributed by atoms with Gasteiger partial charge in [-0.1, -0.05) is 52.3 Å². The number of hydrogen-bond acceptors (Lipinski definition) is 16. The summed E-state index contributed by atoms with van der Waals surface area (Å²) in [5.41, 5.74) is 23.8. The number of carbonyl (C=O) groups is 10. The van der Waals surface area contributed by atoms with Crippen molar-refractivity contribution in [1.29, 1.82) is 0 Å². The van der Waals surface area contributed by atoms with Gasteiger partial charge in [-0.3, -0.25) is 43.2 Å². The summed E-state index contributed by atoms with van der Waals surface area (Å²) in [6.45, 7) is 7.58. The molecular weight excluding hydrogens is 1030 g/mol. The molecule has 9 amide bonds. The van der Waals surface area contributed by atoms with Gasteiger partial charge in [-0.05, 0) is 107 Å². The lowest BCUT2D eigenvalue weighted by Crippen LogP contribution is -2.63. The van der Waals surface area contributed by atoms with E-state index in [0.29, 0.717) is 50.0 Å². The molecule has 2 aromatic rings. The minimum atomic E-state index is -1.76. The number of aromatic nitrogens is 1. The Hall–Kier alpha value is -6.39. The molecule has 0 fully saturated rings. The van der Waals surface area contributed by atoms with Crippen LogP contribution in [0.3, 0.4) is 0 Å². The number of para-hydroxylation sites is 1. The molecule has 0 unspecified atom stereocenters.